The van der Waals surface area contributed by atoms with Crippen LogP contribution in [0.5, 0.6) is 11.5 Å². The van der Waals surface area contributed by atoms with Crippen molar-refractivity contribution in [2.75, 3.05) is 50.2 Å². The van der Waals surface area contributed by atoms with Crippen molar-refractivity contribution in [3.63, 3.8) is 0 Å². The highest BCUT2D eigenvalue weighted by atomic mass is 16.5. The number of carbonyl (C=O) groups is 2. The van der Waals surface area contributed by atoms with Gasteiger partial charge in [0.2, 0.25) is 0 Å². The normalized spacial score (nSPS) is 13.3. The van der Waals surface area contributed by atoms with Crippen LogP contribution in [-0.2, 0) is 9.53 Å². The molecule has 0 saturated carbocycles. The molecule has 3 aromatic rings. The Morgan fingerprint density at radius 3 is 2.39 bits per heavy atom. The highest BCUT2D eigenvalue weighted by molar-refractivity contribution is 6.10. The van der Waals surface area contributed by atoms with Crippen LogP contribution in [0.25, 0.3) is 0 Å². The Balaban J connectivity index is 1.40. The van der Waals surface area contributed by atoms with Crippen LogP contribution in [0.15, 0.2) is 72.8 Å². The van der Waals surface area contributed by atoms with Crippen LogP contribution in [0.4, 0.5) is 11.4 Å². The number of benzene rings is 3. The minimum Gasteiger partial charge on any atom is -0.497 e. The third-order valence-electron chi connectivity index (χ3n) is 5.36. The van der Waals surface area contributed by atoms with Gasteiger partial charge in [0.1, 0.15) is 11.5 Å². The number of nitrogens with zero attached hydrogens (tertiary/aromatic N) is 1. The molecule has 1 heterocycles. The molecule has 4 rings (SSSR count). The Morgan fingerprint density at radius 2 is 1.70 bits per heavy atom. The van der Waals surface area contributed by atoms with Gasteiger partial charge in [0.05, 0.1) is 25.9 Å². The van der Waals surface area contributed by atoms with Crippen LogP contribution >= 0.6 is 0 Å². The van der Waals surface area contributed by atoms with Crippen molar-refractivity contribution in [3.05, 3.63) is 83.9 Å². The molecule has 0 unspecified atom stereocenters. The summed E-state index contributed by atoms with van der Waals surface area (Å²) in [7, 11) is 1.53. The lowest BCUT2D eigenvalue weighted by Crippen LogP contribution is -2.36. The fourth-order valence-corrected chi connectivity index (χ4v) is 3.60. The predicted octanol–water partition coefficient (Wildman–Crippen LogP) is 3.78. The molecule has 0 aliphatic carbocycles. The van der Waals surface area contributed by atoms with Gasteiger partial charge in [0.25, 0.3) is 5.91 Å². The smallest absolute Gasteiger partial charge is 0.262 e. The summed E-state index contributed by atoms with van der Waals surface area (Å²) in [4.78, 5) is 27.7. The molecule has 3 aromatic carbocycles. The van der Waals surface area contributed by atoms with Gasteiger partial charge in [-0.15, -0.1) is 0 Å². The number of ether oxygens (including phenoxy) is 3. The first-order valence-corrected chi connectivity index (χ1v) is 10.8. The van der Waals surface area contributed by atoms with Crippen molar-refractivity contribution in [3.8, 4) is 11.5 Å². The SMILES string of the molecule is COc1ccc(C(=O)c2ccccc2)c(OCC(=O)Nc2ccc(N3CCOCC3)cc2)c1. The second kappa shape index (κ2) is 10.7. The fraction of sp³-hybridized carbons (Fsp3) is 0.231. The van der Waals surface area contributed by atoms with E-state index < -0.39 is 0 Å². The van der Waals surface area contributed by atoms with Crippen LogP contribution in [-0.4, -0.2) is 51.7 Å². The molecule has 1 aliphatic rings. The highest BCUT2D eigenvalue weighted by Gasteiger charge is 2.17. The van der Waals surface area contributed by atoms with Gasteiger partial charge in [0, 0.05) is 36.1 Å². The maximum Gasteiger partial charge on any atom is 0.262 e. The van der Waals surface area contributed by atoms with Crippen molar-refractivity contribution in [1.29, 1.82) is 0 Å². The quantitative estimate of drug-likeness (QED) is 0.531. The minimum absolute atomic E-state index is 0.188. The van der Waals surface area contributed by atoms with Gasteiger partial charge in [-0.3, -0.25) is 9.59 Å². The molecule has 1 aliphatic heterocycles. The van der Waals surface area contributed by atoms with Gasteiger partial charge in [-0.25, -0.2) is 0 Å². The standard InChI is InChI=1S/C26H26N2O5/c1-31-22-11-12-23(26(30)19-5-3-2-4-6-19)24(17-22)33-18-25(29)27-20-7-9-21(10-8-20)28-13-15-32-16-14-28/h2-12,17H,13-16,18H2,1H3,(H,27,29). The lowest BCUT2D eigenvalue weighted by atomic mass is 10.0. The Hall–Kier alpha value is -3.84. The van der Waals surface area contributed by atoms with Crippen LogP contribution in [0.2, 0.25) is 0 Å². The average Bonchev–Trinajstić information content (AvgIpc) is 2.88. The zero-order chi connectivity index (χ0) is 23.0. The lowest BCUT2D eigenvalue weighted by Gasteiger charge is -2.28. The Bertz CT molecular complexity index is 1090. The predicted molar refractivity (Wildman–Crippen MR) is 126 cm³/mol. The van der Waals surface area contributed by atoms with Gasteiger partial charge in [0.15, 0.2) is 12.4 Å². The van der Waals surface area contributed by atoms with Crippen LogP contribution < -0.4 is 19.7 Å². The third-order valence-corrected chi connectivity index (χ3v) is 5.36. The van der Waals surface area contributed by atoms with Gasteiger partial charge < -0.3 is 24.4 Å². The molecular formula is C26H26N2O5. The molecule has 1 amide bonds. The van der Waals surface area contributed by atoms with E-state index >= 15 is 0 Å². The molecular weight excluding hydrogens is 420 g/mol. The van der Waals surface area contributed by atoms with Crippen LogP contribution in [0, 0.1) is 0 Å². The molecule has 7 heteroatoms. The first-order valence-electron chi connectivity index (χ1n) is 10.8. The van der Waals surface area contributed by atoms with Gasteiger partial charge in [-0.2, -0.15) is 0 Å². The third kappa shape index (κ3) is 5.70. The number of carbonyl (C=O) groups excluding carboxylic acids is 2. The monoisotopic (exact) mass is 446 g/mol. The molecule has 1 N–H and O–H groups in total. The number of hydrogen-bond donors (Lipinski definition) is 1. The molecule has 0 atom stereocenters. The summed E-state index contributed by atoms with van der Waals surface area (Å²) in [6.07, 6.45) is 0. The number of anilines is 2. The van der Waals surface area contributed by atoms with E-state index in [0.717, 1.165) is 32.0 Å². The van der Waals surface area contributed by atoms with Crippen LogP contribution in [0.3, 0.4) is 0 Å². The zero-order valence-electron chi connectivity index (χ0n) is 18.5. The van der Waals surface area contributed by atoms with Crippen molar-refractivity contribution >= 4 is 23.1 Å². The Labute approximate surface area is 192 Å². The number of nitrogens with one attached hydrogen (secondary N) is 1. The molecule has 0 aromatic heterocycles. The Kier molecular flexibility index (Phi) is 7.22. The maximum absolute atomic E-state index is 12.9. The zero-order valence-corrected chi connectivity index (χ0v) is 18.5. The molecule has 0 spiro atoms. The maximum atomic E-state index is 12.9. The highest BCUT2D eigenvalue weighted by Crippen LogP contribution is 2.27. The molecule has 170 valence electrons. The summed E-state index contributed by atoms with van der Waals surface area (Å²) in [5.41, 5.74) is 2.67. The van der Waals surface area contributed by atoms with E-state index in [0.29, 0.717) is 28.3 Å². The van der Waals surface area contributed by atoms with Crippen molar-refractivity contribution in [2.45, 2.75) is 0 Å². The second-order valence-electron chi connectivity index (χ2n) is 7.54. The first-order chi connectivity index (χ1) is 16.1. The number of methoxy groups -OCH3 is 1. The number of rotatable bonds is 8. The second-order valence-corrected chi connectivity index (χ2v) is 7.54. The summed E-state index contributed by atoms with van der Waals surface area (Å²) >= 11 is 0. The fourth-order valence-electron chi connectivity index (χ4n) is 3.60. The average molecular weight is 447 g/mol. The van der Waals surface area contributed by atoms with E-state index in [1.54, 1.807) is 42.5 Å². The van der Waals surface area contributed by atoms with E-state index in [4.69, 9.17) is 14.2 Å². The summed E-state index contributed by atoms with van der Waals surface area (Å²) in [5.74, 6) is 0.317. The van der Waals surface area contributed by atoms with Crippen LogP contribution in [0.1, 0.15) is 15.9 Å². The van der Waals surface area contributed by atoms with E-state index in [1.165, 1.54) is 7.11 Å². The van der Waals surface area contributed by atoms with Crippen molar-refractivity contribution < 1.29 is 23.8 Å². The summed E-state index contributed by atoms with van der Waals surface area (Å²) < 4.78 is 16.4. The molecule has 1 saturated heterocycles. The lowest BCUT2D eigenvalue weighted by molar-refractivity contribution is -0.118. The molecule has 0 bridgehead atoms. The van der Waals surface area contributed by atoms with Crippen molar-refractivity contribution in [2.24, 2.45) is 0 Å². The van der Waals surface area contributed by atoms with Gasteiger partial charge in [-0.05, 0) is 36.4 Å². The summed E-state index contributed by atoms with van der Waals surface area (Å²) in [5, 5.41) is 2.83. The number of morpholine rings is 1. The largest absolute Gasteiger partial charge is 0.497 e. The summed E-state index contributed by atoms with van der Waals surface area (Å²) in [6.45, 7) is 2.89. The van der Waals surface area contributed by atoms with Gasteiger partial charge in [-0.1, -0.05) is 30.3 Å². The summed E-state index contributed by atoms with van der Waals surface area (Å²) in [6, 6.07) is 21.5. The van der Waals surface area contributed by atoms with Crippen molar-refractivity contribution in [1.82, 2.24) is 0 Å². The molecule has 0 radical (unpaired) electrons. The molecule has 33 heavy (non-hydrogen) atoms. The van der Waals surface area contributed by atoms with E-state index in [1.807, 2.05) is 30.3 Å². The molecule has 7 nitrogen and oxygen atoms in total. The van der Waals surface area contributed by atoms with E-state index in [9.17, 15) is 9.59 Å². The first kappa shape index (κ1) is 22.4. The number of hydrogen-bond acceptors (Lipinski definition) is 6. The topological polar surface area (TPSA) is 77.1 Å². The number of ketones is 1. The number of amides is 1. The molecule has 1 fully saturated rings. The Morgan fingerprint density at radius 1 is 0.970 bits per heavy atom. The minimum atomic E-state index is -0.324. The van der Waals surface area contributed by atoms with Gasteiger partial charge >= 0.3 is 0 Å². The van der Waals surface area contributed by atoms with E-state index in [2.05, 4.69) is 10.2 Å². The van der Waals surface area contributed by atoms with E-state index in [-0.39, 0.29) is 18.3 Å².